The second-order valence-corrected chi connectivity index (χ2v) is 2.67. The van der Waals surface area contributed by atoms with Crippen LogP contribution in [-0.4, -0.2) is 17.5 Å². The van der Waals surface area contributed by atoms with Crippen molar-refractivity contribution in [3.63, 3.8) is 0 Å². The zero-order valence-corrected chi connectivity index (χ0v) is 7.14. The first-order chi connectivity index (χ1) is 5.15. The first-order valence-electron chi connectivity index (χ1n) is 3.19. The van der Waals surface area contributed by atoms with E-state index in [2.05, 4.69) is 5.32 Å². The van der Waals surface area contributed by atoms with Gasteiger partial charge in [0.25, 0.3) is 5.91 Å². The number of hydrogen-bond donors (Lipinski definition) is 1. The number of rotatable bonds is 1. The molecule has 1 amide bonds. The van der Waals surface area contributed by atoms with E-state index in [0.29, 0.717) is 10.7 Å². The summed E-state index contributed by atoms with van der Waals surface area (Å²) in [5, 5.41) is 3.09. The second kappa shape index (κ2) is 2.96. The van der Waals surface area contributed by atoms with E-state index in [9.17, 15) is 4.79 Å². The fourth-order valence-corrected chi connectivity index (χ4v) is 1.13. The SMILES string of the molecule is CNC(=O)c1cc(Cl)cn1C. The molecular weight excluding hydrogens is 164 g/mol. The molecule has 0 aliphatic heterocycles. The maximum atomic E-state index is 11.1. The Morgan fingerprint density at radius 2 is 2.36 bits per heavy atom. The third-order valence-electron chi connectivity index (χ3n) is 1.43. The van der Waals surface area contributed by atoms with Crippen molar-refractivity contribution in [2.75, 3.05) is 7.05 Å². The molecule has 3 nitrogen and oxygen atoms in total. The molecule has 0 saturated heterocycles. The number of nitrogens with zero attached hydrogens (tertiary/aromatic N) is 1. The summed E-state index contributed by atoms with van der Waals surface area (Å²) in [6, 6.07) is 1.63. The summed E-state index contributed by atoms with van der Waals surface area (Å²) < 4.78 is 1.68. The van der Waals surface area contributed by atoms with E-state index in [1.54, 1.807) is 30.9 Å². The highest BCUT2D eigenvalue weighted by atomic mass is 35.5. The summed E-state index contributed by atoms with van der Waals surface area (Å²) in [4.78, 5) is 11.1. The molecule has 0 aromatic carbocycles. The van der Waals surface area contributed by atoms with Crippen LogP contribution in [0.1, 0.15) is 10.5 Å². The van der Waals surface area contributed by atoms with Crippen LogP contribution in [0.25, 0.3) is 0 Å². The molecule has 0 saturated carbocycles. The van der Waals surface area contributed by atoms with Gasteiger partial charge in [-0.3, -0.25) is 4.79 Å². The van der Waals surface area contributed by atoms with E-state index in [1.165, 1.54) is 0 Å². The van der Waals surface area contributed by atoms with Gasteiger partial charge in [-0.2, -0.15) is 0 Å². The molecule has 0 atom stereocenters. The predicted molar refractivity (Wildman–Crippen MR) is 43.8 cm³/mol. The summed E-state index contributed by atoms with van der Waals surface area (Å²) in [5.41, 5.74) is 0.567. The maximum absolute atomic E-state index is 11.1. The summed E-state index contributed by atoms with van der Waals surface area (Å²) in [5.74, 6) is -0.126. The molecule has 1 rings (SSSR count). The zero-order chi connectivity index (χ0) is 8.43. The average molecular weight is 173 g/mol. The molecule has 4 heteroatoms. The van der Waals surface area contributed by atoms with Gasteiger partial charge in [-0.05, 0) is 6.07 Å². The topological polar surface area (TPSA) is 34.0 Å². The number of nitrogens with one attached hydrogen (secondary N) is 1. The van der Waals surface area contributed by atoms with Gasteiger partial charge < -0.3 is 9.88 Å². The number of aromatic nitrogens is 1. The Balaban J connectivity index is 3.03. The van der Waals surface area contributed by atoms with E-state index >= 15 is 0 Å². The van der Waals surface area contributed by atoms with Gasteiger partial charge in [0.2, 0.25) is 0 Å². The first-order valence-corrected chi connectivity index (χ1v) is 3.57. The minimum atomic E-state index is -0.126. The fraction of sp³-hybridized carbons (Fsp3) is 0.286. The maximum Gasteiger partial charge on any atom is 0.267 e. The van der Waals surface area contributed by atoms with Crippen molar-refractivity contribution in [1.29, 1.82) is 0 Å². The average Bonchev–Trinajstić information content (AvgIpc) is 2.28. The van der Waals surface area contributed by atoms with E-state index in [0.717, 1.165) is 0 Å². The van der Waals surface area contributed by atoms with Crippen LogP contribution in [0.5, 0.6) is 0 Å². The molecule has 60 valence electrons. The number of carbonyl (C=O) groups is 1. The lowest BCUT2D eigenvalue weighted by Crippen LogP contribution is -2.20. The molecule has 1 N–H and O–H groups in total. The Kier molecular flexibility index (Phi) is 2.19. The highest BCUT2D eigenvalue weighted by Crippen LogP contribution is 2.11. The lowest BCUT2D eigenvalue weighted by Gasteiger charge is -1.98. The van der Waals surface area contributed by atoms with Crippen LogP contribution in [0.15, 0.2) is 12.3 Å². The van der Waals surface area contributed by atoms with Gasteiger partial charge >= 0.3 is 0 Å². The third kappa shape index (κ3) is 1.54. The molecule has 0 aliphatic rings. The molecule has 0 spiro atoms. The third-order valence-corrected chi connectivity index (χ3v) is 1.64. The number of carbonyl (C=O) groups excluding carboxylic acids is 1. The first kappa shape index (κ1) is 8.14. The molecule has 0 radical (unpaired) electrons. The van der Waals surface area contributed by atoms with Gasteiger partial charge in [-0.25, -0.2) is 0 Å². The smallest absolute Gasteiger partial charge is 0.267 e. The van der Waals surface area contributed by atoms with E-state index in [4.69, 9.17) is 11.6 Å². The molecule has 1 aromatic rings. The van der Waals surface area contributed by atoms with Crippen molar-refractivity contribution >= 4 is 17.5 Å². The minimum Gasteiger partial charge on any atom is -0.354 e. The fourth-order valence-electron chi connectivity index (χ4n) is 0.878. The molecule has 11 heavy (non-hydrogen) atoms. The monoisotopic (exact) mass is 172 g/mol. The normalized spacial score (nSPS) is 9.73. The lowest BCUT2D eigenvalue weighted by atomic mass is 10.4. The molecule has 1 heterocycles. The van der Waals surface area contributed by atoms with Gasteiger partial charge in [0.1, 0.15) is 5.69 Å². The van der Waals surface area contributed by atoms with Gasteiger partial charge in [-0.1, -0.05) is 11.6 Å². The Bertz CT molecular complexity index is 280. The van der Waals surface area contributed by atoms with Crippen molar-refractivity contribution in [1.82, 2.24) is 9.88 Å². The van der Waals surface area contributed by atoms with Crippen LogP contribution < -0.4 is 5.32 Å². The minimum absolute atomic E-state index is 0.126. The lowest BCUT2D eigenvalue weighted by molar-refractivity contribution is 0.0955. The summed E-state index contributed by atoms with van der Waals surface area (Å²) in [6.45, 7) is 0. The Morgan fingerprint density at radius 1 is 1.73 bits per heavy atom. The molecule has 0 fully saturated rings. The number of hydrogen-bond acceptors (Lipinski definition) is 1. The van der Waals surface area contributed by atoms with Crippen molar-refractivity contribution in [2.24, 2.45) is 7.05 Å². The van der Waals surface area contributed by atoms with E-state index in [1.807, 2.05) is 0 Å². The summed E-state index contributed by atoms with van der Waals surface area (Å²) in [7, 11) is 3.36. The van der Waals surface area contributed by atoms with Crippen molar-refractivity contribution in [3.8, 4) is 0 Å². The Hall–Kier alpha value is -0.960. The molecule has 0 bridgehead atoms. The van der Waals surface area contributed by atoms with Crippen LogP contribution in [0.4, 0.5) is 0 Å². The Morgan fingerprint density at radius 3 is 2.73 bits per heavy atom. The number of halogens is 1. The van der Waals surface area contributed by atoms with Crippen LogP contribution >= 0.6 is 11.6 Å². The van der Waals surface area contributed by atoms with Crippen LogP contribution in [0.3, 0.4) is 0 Å². The number of aryl methyl sites for hydroxylation is 1. The van der Waals surface area contributed by atoms with Gasteiger partial charge in [0.15, 0.2) is 0 Å². The van der Waals surface area contributed by atoms with E-state index in [-0.39, 0.29) is 5.91 Å². The van der Waals surface area contributed by atoms with Gasteiger partial charge in [0.05, 0.1) is 5.02 Å². The van der Waals surface area contributed by atoms with Gasteiger partial charge in [-0.15, -0.1) is 0 Å². The van der Waals surface area contributed by atoms with Crippen LogP contribution in [-0.2, 0) is 7.05 Å². The largest absolute Gasteiger partial charge is 0.354 e. The van der Waals surface area contributed by atoms with Crippen molar-refractivity contribution in [2.45, 2.75) is 0 Å². The van der Waals surface area contributed by atoms with Crippen LogP contribution in [0.2, 0.25) is 5.02 Å². The number of amides is 1. The highest BCUT2D eigenvalue weighted by molar-refractivity contribution is 6.31. The Labute approximate surface area is 70.0 Å². The van der Waals surface area contributed by atoms with Crippen molar-refractivity contribution in [3.05, 3.63) is 23.0 Å². The quantitative estimate of drug-likeness (QED) is 0.675. The van der Waals surface area contributed by atoms with E-state index < -0.39 is 0 Å². The summed E-state index contributed by atoms with van der Waals surface area (Å²) >= 11 is 5.67. The molecule has 0 unspecified atom stereocenters. The predicted octanol–water partition coefficient (Wildman–Crippen LogP) is 1.04. The van der Waals surface area contributed by atoms with Crippen molar-refractivity contribution < 1.29 is 4.79 Å². The zero-order valence-electron chi connectivity index (χ0n) is 6.39. The second-order valence-electron chi connectivity index (χ2n) is 2.23. The van der Waals surface area contributed by atoms with Gasteiger partial charge in [0, 0.05) is 20.3 Å². The standard InChI is InChI=1S/C7H9ClN2O/c1-9-7(11)6-3-5(8)4-10(6)2/h3-4H,1-2H3,(H,9,11). The molecule has 1 aromatic heterocycles. The summed E-state index contributed by atoms with van der Waals surface area (Å²) in [6.07, 6.45) is 1.69. The molecule has 0 aliphatic carbocycles. The highest BCUT2D eigenvalue weighted by Gasteiger charge is 2.07. The molecular formula is C7H9ClN2O. The van der Waals surface area contributed by atoms with Crippen LogP contribution in [0, 0.1) is 0 Å².